The average Bonchev–Trinajstić information content (AvgIpc) is 2.59. The Labute approximate surface area is 198 Å². The Kier molecular flexibility index (Phi) is 18.2. The number of halogens is 8. The molecule has 12 heteroatoms. The van der Waals surface area contributed by atoms with Gasteiger partial charge in [-0.25, -0.2) is 0 Å². The SMILES string of the molecule is O=[PH](OC(CBr)[C@@H](Cl)C(CCl)CBr)OC(CBr)[C@@H](Cl)C(CCl)CBr. The van der Waals surface area contributed by atoms with E-state index in [4.69, 9.17) is 55.5 Å². The van der Waals surface area contributed by atoms with E-state index in [-0.39, 0.29) is 11.8 Å². The zero-order valence-corrected chi connectivity index (χ0v) is 22.8. The summed E-state index contributed by atoms with van der Waals surface area (Å²) >= 11 is 37.9. The van der Waals surface area contributed by atoms with E-state index < -0.39 is 31.2 Å². The van der Waals surface area contributed by atoms with Crippen LogP contribution in [0.2, 0.25) is 0 Å². The lowest BCUT2D eigenvalue weighted by Gasteiger charge is -2.28. The van der Waals surface area contributed by atoms with Gasteiger partial charge in [-0.15, -0.1) is 46.4 Å². The first-order valence-electron chi connectivity index (χ1n) is 6.91. The third-order valence-corrected chi connectivity index (χ3v) is 9.20. The Balaban J connectivity index is 4.77. The summed E-state index contributed by atoms with van der Waals surface area (Å²) in [5.41, 5.74) is 0. The number of alkyl halides is 8. The lowest BCUT2D eigenvalue weighted by Crippen LogP contribution is -2.35. The maximum atomic E-state index is 12.3. The van der Waals surface area contributed by atoms with Gasteiger partial charge in [0.15, 0.2) is 0 Å². The van der Waals surface area contributed by atoms with Crippen LogP contribution in [0.1, 0.15) is 0 Å². The highest BCUT2D eigenvalue weighted by Crippen LogP contribution is 2.36. The summed E-state index contributed by atoms with van der Waals surface area (Å²) in [5.74, 6) is 0.689. The molecule has 0 aromatic carbocycles. The molecule has 146 valence electrons. The highest BCUT2D eigenvalue weighted by Gasteiger charge is 2.32. The van der Waals surface area contributed by atoms with Gasteiger partial charge in [0.1, 0.15) is 0 Å². The zero-order chi connectivity index (χ0) is 18.7. The topological polar surface area (TPSA) is 35.5 Å². The molecule has 4 unspecified atom stereocenters. The highest BCUT2D eigenvalue weighted by molar-refractivity contribution is 9.09. The van der Waals surface area contributed by atoms with Crippen molar-refractivity contribution in [2.24, 2.45) is 11.8 Å². The minimum atomic E-state index is -2.79. The lowest BCUT2D eigenvalue weighted by atomic mass is 10.1. The lowest BCUT2D eigenvalue weighted by molar-refractivity contribution is 0.133. The van der Waals surface area contributed by atoms with Crippen molar-refractivity contribution >= 4 is 118 Å². The van der Waals surface area contributed by atoms with Gasteiger partial charge in [0.05, 0.1) is 23.0 Å². The van der Waals surface area contributed by atoms with E-state index in [1.54, 1.807) is 0 Å². The van der Waals surface area contributed by atoms with Crippen LogP contribution in [0, 0.1) is 11.8 Å². The highest BCUT2D eigenvalue weighted by atomic mass is 79.9. The van der Waals surface area contributed by atoms with Crippen molar-refractivity contribution in [3.05, 3.63) is 0 Å². The first kappa shape index (κ1) is 27.2. The van der Waals surface area contributed by atoms with Crippen molar-refractivity contribution in [2.75, 3.05) is 33.1 Å². The Morgan fingerprint density at radius 2 is 1.08 bits per heavy atom. The van der Waals surface area contributed by atoms with Crippen molar-refractivity contribution in [3.63, 3.8) is 0 Å². The van der Waals surface area contributed by atoms with Crippen molar-refractivity contribution in [1.82, 2.24) is 0 Å². The van der Waals surface area contributed by atoms with E-state index in [0.717, 1.165) is 0 Å². The van der Waals surface area contributed by atoms with E-state index in [0.29, 0.717) is 33.1 Å². The van der Waals surface area contributed by atoms with Crippen molar-refractivity contribution in [2.45, 2.75) is 23.0 Å². The fourth-order valence-electron chi connectivity index (χ4n) is 1.67. The first-order chi connectivity index (χ1) is 11.4. The Morgan fingerprint density at radius 3 is 1.29 bits per heavy atom. The van der Waals surface area contributed by atoms with Gasteiger partial charge in [0, 0.05) is 44.9 Å². The van der Waals surface area contributed by atoms with E-state index >= 15 is 0 Å². The van der Waals surface area contributed by atoms with Crippen LogP contribution in [0.15, 0.2) is 0 Å². The molecule has 0 aromatic heterocycles. The predicted molar refractivity (Wildman–Crippen MR) is 122 cm³/mol. The van der Waals surface area contributed by atoms with Crippen LogP contribution >= 0.6 is 118 Å². The minimum absolute atomic E-state index is 0.0209. The molecule has 0 saturated heterocycles. The summed E-state index contributed by atoms with van der Waals surface area (Å²) in [5, 5.41) is 1.25. The molecule has 0 aliphatic carbocycles. The third kappa shape index (κ3) is 9.62. The van der Waals surface area contributed by atoms with Crippen molar-refractivity contribution < 1.29 is 13.6 Å². The zero-order valence-electron chi connectivity index (χ0n) is 12.5. The largest absolute Gasteiger partial charge is 0.319 e. The molecule has 0 spiro atoms. The molecule has 0 bridgehead atoms. The molecule has 0 aliphatic heterocycles. The fraction of sp³-hybridized carbons (Fsp3) is 1.00. The molecule has 0 aliphatic rings. The van der Waals surface area contributed by atoms with Crippen molar-refractivity contribution in [3.8, 4) is 0 Å². The Hall–Kier alpha value is 3.23. The Morgan fingerprint density at radius 1 is 0.750 bits per heavy atom. The van der Waals surface area contributed by atoms with E-state index in [2.05, 4.69) is 63.7 Å². The summed E-state index contributed by atoms with van der Waals surface area (Å²) in [7, 11) is -2.79. The van der Waals surface area contributed by atoms with Crippen LogP contribution in [0.25, 0.3) is 0 Å². The second kappa shape index (κ2) is 16.1. The van der Waals surface area contributed by atoms with Gasteiger partial charge in [0.25, 0.3) is 0 Å². The van der Waals surface area contributed by atoms with E-state index in [1.807, 2.05) is 0 Å². The molecule has 6 atom stereocenters. The standard InChI is InChI=1S/C12H19Br4Cl4O3P/c13-1-7(5-17)11(19)9(3-15)22-24(21)23-10(4-16)12(20)8(2-14)6-18/h7-12,24H,1-6H2/t7?,8?,9?,10?,11-,12-/m0/s1. The normalized spacial score (nSPS) is 20.8. The molecule has 24 heavy (non-hydrogen) atoms. The molecule has 0 rings (SSSR count). The molecular weight excluding hydrogens is 685 g/mol. The molecule has 0 amide bonds. The molecule has 3 nitrogen and oxygen atoms in total. The molecule has 0 fully saturated rings. The number of hydrogen-bond acceptors (Lipinski definition) is 3. The summed E-state index contributed by atoms with van der Waals surface area (Å²) in [6.07, 6.45) is -0.992. The van der Waals surface area contributed by atoms with Crippen LogP contribution < -0.4 is 0 Å². The van der Waals surface area contributed by atoms with Gasteiger partial charge < -0.3 is 9.05 Å². The van der Waals surface area contributed by atoms with E-state index in [9.17, 15) is 4.57 Å². The van der Waals surface area contributed by atoms with Crippen LogP contribution in [0.3, 0.4) is 0 Å². The predicted octanol–water partition coefficient (Wildman–Crippen LogP) is 6.65. The van der Waals surface area contributed by atoms with Gasteiger partial charge in [-0.05, 0) is 0 Å². The van der Waals surface area contributed by atoms with Crippen LogP contribution in [-0.2, 0) is 13.6 Å². The van der Waals surface area contributed by atoms with Gasteiger partial charge in [-0.3, -0.25) is 4.57 Å². The fourth-order valence-corrected chi connectivity index (χ4v) is 8.48. The first-order valence-corrected chi connectivity index (χ1v) is 14.6. The number of rotatable bonds is 14. The van der Waals surface area contributed by atoms with Crippen LogP contribution in [0.5, 0.6) is 0 Å². The Bertz CT molecular complexity index is 324. The maximum Gasteiger partial charge on any atom is 0.319 e. The average molecular weight is 704 g/mol. The third-order valence-electron chi connectivity index (χ3n) is 3.20. The van der Waals surface area contributed by atoms with Crippen LogP contribution in [0.4, 0.5) is 0 Å². The van der Waals surface area contributed by atoms with Crippen LogP contribution in [-0.4, -0.2) is 56.0 Å². The summed E-state index contributed by atoms with van der Waals surface area (Å²) in [6, 6.07) is 0. The summed E-state index contributed by atoms with van der Waals surface area (Å²) in [6.45, 7) is 0. The second-order valence-electron chi connectivity index (χ2n) is 4.90. The second-order valence-corrected chi connectivity index (χ2v) is 10.1. The molecule has 0 radical (unpaired) electrons. The smallest absolute Gasteiger partial charge is 0.305 e. The quantitative estimate of drug-likeness (QED) is 0.150. The number of hydrogen-bond donors (Lipinski definition) is 0. The summed E-state index contributed by atoms with van der Waals surface area (Å²) in [4.78, 5) is 0. The molecule has 0 aromatic rings. The molecule has 0 saturated carbocycles. The molecule has 0 heterocycles. The van der Waals surface area contributed by atoms with Gasteiger partial charge in [-0.2, -0.15) is 0 Å². The minimum Gasteiger partial charge on any atom is -0.305 e. The van der Waals surface area contributed by atoms with Gasteiger partial charge >= 0.3 is 8.25 Å². The van der Waals surface area contributed by atoms with E-state index in [1.165, 1.54) is 0 Å². The van der Waals surface area contributed by atoms with Gasteiger partial charge in [-0.1, -0.05) is 63.7 Å². The monoisotopic (exact) mass is 698 g/mol. The van der Waals surface area contributed by atoms with Gasteiger partial charge in [0.2, 0.25) is 0 Å². The summed E-state index contributed by atoms with van der Waals surface area (Å²) < 4.78 is 23.3. The molecule has 0 N–H and O–H groups in total. The maximum absolute atomic E-state index is 12.3. The molecular formula is C12H19Br4Cl4O3P. The van der Waals surface area contributed by atoms with Crippen molar-refractivity contribution in [1.29, 1.82) is 0 Å².